The molecule has 0 unspecified atom stereocenters. The first-order valence-electron chi connectivity index (χ1n) is 11.8. The highest BCUT2D eigenvalue weighted by atomic mass is 32.2. The van der Waals surface area contributed by atoms with Crippen LogP contribution in [-0.2, 0) is 11.2 Å². The zero-order valence-corrected chi connectivity index (χ0v) is 22.6. The number of hydrogen-bond donors (Lipinski definition) is 2. The molecule has 0 aliphatic carbocycles. The van der Waals surface area contributed by atoms with E-state index in [2.05, 4.69) is 58.0 Å². The molecular formula is C29H30N4O2S2. The third-order valence-electron chi connectivity index (χ3n) is 4.99. The smallest absolute Gasteiger partial charge is 0.186 e. The van der Waals surface area contributed by atoms with Crippen molar-refractivity contribution in [3.8, 4) is 0 Å². The summed E-state index contributed by atoms with van der Waals surface area (Å²) < 4.78 is 3.20. The van der Waals surface area contributed by atoms with Crippen molar-refractivity contribution in [1.82, 2.24) is 9.97 Å². The van der Waals surface area contributed by atoms with Crippen molar-refractivity contribution in [2.24, 2.45) is 0 Å². The number of ketones is 1. The Labute approximate surface area is 226 Å². The number of aromatic nitrogens is 2. The third-order valence-corrected chi connectivity index (χ3v) is 6.60. The van der Waals surface area contributed by atoms with Crippen LogP contribution in [0.4, 0.5) is 11.6 Å². The fourth-order valence-corrected chi connectivity index (χ4v) is 4.39. The zero-order valence-electron chi connectivity index (χ0n) is 20.9. The molecule has 0 bridgehead atoms. The average Bonchev–Trinajstić information content (AvgIpc) is 2.92. The maximum atomic E-state index is 12.1. The second-order valence-electron chi connectivity index (χ2n) is 7.96. The Balaban J connectivity index is 0.00000121. The van der Waals surface area contributed by atoms with Crippen molar-refractivity contribution in [2.75, 3.05) is 22.3 Å². The summed E-state index contributed by atoms with van der Waals surface area (Å²) in [7, 11) is 0. The fraction of sp³-hybridized carbons (Fsp3) is 0.172. The first-order valence-corrected chi connectivity index (χ1v) is 13.6. The summed E-state index contributed by atoms with van der Waals surface area (Å²) in [6, 6.07) is 24.0. The molecule has 0 radical (unpaired) electrons. The Bertz CT molecular complexity index is 1330. The van der Waals surface area contributed by atoms with E-state index >= 15 is 0 Å². The van der Waals surface area contributed by atoms with Crippen LogP contribution < -0.4 is 10.0 Å². The summed E-state index contributed by atoms with van der Waals surface area (Å²) in [6.07, 6.45) is 4.23. The predicted octanol–water partition coefficient (Wildman–Crippen LogP) is 7.06. The highest BCUT2D eigenvalue weighted by Crippen LogP contribution is 2.25. The SMILES string of the molecule is C=CC.CC(=O)SCC(=O)c1ccc(NSc2ccc3nc(NCCc4ccccc4)ccc3c2)nc1. The van der Waals surface area contributed by atoms with Crippen LogP contribution in [0.1, 0.15) is 29.8 Å². The lowest BCUT2D eigenvalue weighted by Crippen LogP contribution is -2.06. The van der Waals surface area contributed by atoms with Gasteiger partial charge < -0.3 is 10.0 Å². The van der Waals surface area contributed by atoms with Crippen LogP contribution in [-0.4, -0.2) is 33.2 Å². The molecule has 0 spiro atoms. The van der Waals surface area contributed by atoms with Crippen molar-refractivity contribution in [3.63, 3.8) is 0 Å². The van der Waals surface area contributed by atoms with E-state index in [-0.39, 0.29) is 16.7 Å². The molecule has 190 valence electrons. The molecule has 2 heterocycles. The Morgan fingerprint density at radius 1 is 1.00 bits per heavy atom. The van der Waals surface area contributed by atoms with Crippen molar-refractivity contribution in [1.29, 1.82) is 0 Å². The van der Waals surface area contributed by atoms with Crippen molar-refractivity contribution >= 4 is 57.1 Å². The van der Waals surface area contributed by atoms with E-state index in [0.29, 0.717) is 11.4 Å². The Morgan fingerprint density at radius 3 is 2.46 bits per heavy atom. The van der Waals surface area contributed by atoms with Crippen LogP contribution in [0.25, 0.3) is 10.9 Å². The summed E-state index contributed by atoms with van der Waals surface area (Å²) >= 11 is 2.45. The second kappa shape index (κ2) is 14.8. The number of rotatable bonds is 10. The summed E-state index contributed by atoms with van der Waals surface area (Å²) in [5, 5.41) is 4.37. The van der Waals surface area contributed by atoms with E-state index in [9.17, 15) is 9.59 Å². The quantitative estimate of drug-likeness (QED) is 0.128. The van der Waals surface area contributed by atoms with E-state index in [4.69, 9.17) is 4.98 Å². The summed E-state index contributed by atoms with van der Waals surface area (Å²) in [5.41, 5.74) is 2.72. The summed E-state index contributed by atoms with van der Waals surface area (Å²) in [5.74, 6) is 1.54. The van der Waals surface area contributed by atoms with Gasteiger partial charge in [-0.25, -0.2) is 9.97 Å². The number of anilines is 2. The molecular weight excluding hydrogens is 500 g/mol. The van der Waals surface area contributed by atoms with Gasteiger partial charge >= 0.3 is 0 Å². The van der Waals surface area contributed by atoms with Crippen LogP contribution in [0.5, 0.6) is 0 Å². The number of carbonyl (C=O) groups is 2. The van der Waals surface area contributed by atoms with Gasteiger partial charge in [0.25, 0.3) is 0 Å². The molecule has 2 aromatic heterocycles. The molecule has 4 aromatic rings. The summed E-state index contributed by atoms with van der Waals surface area (Å²) in [6.45, 7) is 7.53. The first-order chi connectivity index (χ1) is 18.0. The maximum Gasteiger partial charge on any atom is 0.186 e. The molecule has 4 rings (SSSR count). The molecule has 0 amide bonds. The lowest BCUT2D eigenvalue weighted by molar-refractivity contribution is -0.109. The van der Waals surface area contributed by atoms with Gasteiger partial charge in [-0.1, -0.05) is 48.2 Å². The van der Waals surface area contributed by atoms with Crippen molar-refractivity contribution < 1.29 is 9.59 Å². The van der Waals surface area contributed by atoms with Crippen LogP contribution in [0.15, 0.2) is 96.5 Å². The number of Topliss-reactive ketones (excluding diaryl/α,β-unsaturated/α-hetero) is 1. The Hall–Kier alpha value is -3.62. The zero-order chi connectivity index (χ0) is 26.5. The monoisotopic (exact) mass is 530 g/mol. The van der Waals surface area contributed by atoms with Gasteiger partial charge in [0.1, 0.15) is 11.6 Å². The number of hydrogen-bond acceptors (Lipinski definition) is 8. The van der Waals surface area contributed by atoms with E-state index in [1.54, 1.807) is 18.2 Å². The van der Waals surface area contributed by atoms with Crippen LogP contribution >= 0.6 is 23.7 Å². The van der Waals surface area contributed by atoms with Gasteiger partial charge in [0.05, 0.1) is 11.3 Å². The molecule has 0 aliphatic heterocycles. The third kappa shape index (κ3) is 9.40. The lowest BCUT2D eigenvalue weighted by Gasteiger charge is -2.09. The fourth-order valence-electron chi connectivity index (χ4n) is 3.23. The number of fused-ring (bicyclic) bond motifs is 1. The standard InChI is InChI=1S/C26H24N4O2S2.C3H6/c1-18(31)33-17-24(32)21-8-12-26(28-16-21)30-34-22-9-10-23-20(15-22)7-11-25(29-23)27-14-13-19-5-3-2-4-6-19;1-3-2/h2-12,15-16H,13-14,17H2,1H3,(H,27,29)(H,28,30);3H,1H2,2H3. The number of allylic oxidation sites excluding steroid dienone is 1. The Kier molecular flexibility index (Phi) is 11.2. The van der Waals surface area contributed by atoms with E-state index in [0.717, 1.165) is 46.3 Å². The van der Waals surface area contributed by atoms with E-state index < -0.39 is 0 Å². The number of pyridine rings is 2. The number of thioether (sulfide) groups is 1. The minimum absolute atomic E-state index is 0.0721. The van der Waals surface area contributed by atoms with E-state index in [1.165, 1.54) is 30.6 Å². The van der Waals surface area contributed by atoms with Gasteiger partial charge in [0.15, 0.2) is 10.9 Å². The molecule has 0 fully saturated rings. The highest BCUT2D eigenvalue weighted by molar-refractivity contribution is 8.14. The molecule has 2 N–H and O–H groups in total. The topological polar surface area (TPSA) is 84.0 Å². The Morgan fingerprint density at radius 2 is 1.76 bits per heavy atom. The summed E-state index contributed by atoms with van der Waals surface area (Å²) in [4.78, 5) is 33.1. The van der Waals surface area contributed by atoms with E-state index in [1.807, 2.05) is 31.2 Å². The molecule has 37 heavy (non-hydrogen) atoms. The largest absolute Gasteiger partial charge is 0.370 e. The number of benzene rings is 2. The van der Waals surface area contributed by atoms with Crippen LogP contribution in [0, 0.1) is 0 Å². The van der Waals surface area contributed by atoms with Gasteiger partial charge in [-0.05, 0) is 73.3 Å². The van der Waals surface area contributed by atoms with Gasteiger partial charge in [0, 0.05) is 35.5 Å². The minimum atomic E-state index is -0.108. The molecule has 2 aromatic carbocycles. The molecule has 0 aliphatic rings. The second-order valence-corrected chi connectivity index (χ2v) is 9.99. The normalized spacial score (nSPS) is 10.2. The molecule has 8 heteroatoms. The molecule has 0 atom stereocenters. The van der Waals surface area contributed by atoms with Crippen LogP contribution in [0.2, 0.25) is 0 Å². The van der Waals surface area contributed by atoms with Gasteiger partial charge in [-0.3, -0.25) is 9.59 Å². The van der Waals surface area contributed by atoms with Gasteiger partial charge in [0.2, 0.25) is 0 Å². The molecule has 0 saturated carbocycles. The average molecular weight is 531 g/mol. The first kappa shape index (κ1) is 28.0. The van der Waals surface area contributed by atoms with Crippen molar-refractivity contribution in [3.05, 3.63) is 103 Å². The number of nitrogens with zero attached hydrogens (tertiary/aromatic N) is 2. The number of nitrogens with one attached hydrogen (secondary N) is 2. The maximum absolute atomic E-state index is 12.1. The van der Waals surface area contributed by atoms with Crippen molar-refractivity contribution in [2.45, 2.75) is 25.2 Å². The number of carbonyl (C=O) groups excluding carboxylic acids is 2. The lowest BCUT2D eigenvalue weighted by atomic mass is 10.1. The molecule has 6 nitrogen and oxygen atoms in total. The minimum Gasteiger partial charge on any atom is -0.370 e. The van der Waals surface area contributed by atoms with Gasteiger partial charge in [-0.15, -0.1) is 6.58 Å². The molecule has 0 saturated heterocycles. The predicted molar refractivity (Wildman–Crippen MR) is 157 cm³/mol. The highest BCUT2D eigenvalue weighted by Gasteiger charge is 2.09. The van der Waals surface area contributed by atoms with Gasteiger partial charge in [-0.2, -0.15) is 0 Å². The van der Waals surface area contributed by atoms with Crippen LogP contribution in [0.3, 0.4) is 0 Å².